The molecule has 2 heteroatoms. The van der Waals surface area contributed by atoms with Crippen molar-refractivity contribution in [3.8, 4) is 0 Å². The van der Waals surface area contributed by atoms with Gasteiger partial charge in [0.25, 0.3) is 0 Å². The van der Waals surface area contributed by atoms with Crippen molar-refractivity contribution in [1.29, 1.82) is 0 Å². The van der Waals surface area contributed by atoms with Crippen LogP contribution in [0.5, 0.6) is 0 Å². The van der Waals surface area contributed by atoms with Crippen molar-refractivity contribution in [3.05, 3.63) is 35.4 Å². The molecule has 0 spiro atoms. The molecular formula is C17H26O2. The van der Waals surface area contributed by atoms with Crippen LogP contribution in [0.25, 0.3) is 0 Å². The van der Waals surface area contributed by atoms with E-state index in [-0.39, 0.29) is 6.42 Å². The fourth-order valence-electron chi connectivity index (χ4n) is 2.36. The van der Waals surface area contributed by atoms with Crippen LogP contribution in [-0.2, 0) is 17.6 Å². The van der Waals surface area contributed by atoms with Crippen LogP contribution in [0.2, 0.25) is 0 Å². The van der Waals surface area contributed by atoms with Crippen LogP contribution in [0.15, 0.2) is 24.3 Å². The van der Waals surface area contributed by atoms with Gasteiger partial charge < -0.3 is 5.11 Å². The Morgan fingerprint density at radius 3 is 2.32 bits per heavy atom. The zero-order valence-electron chi connectivity index (χ0n) is 12.0. The quantitative estimate of drug-likeness (QED) is 0.625. The topological polar surface area (TPSA) is 37.3 Å². The minimum absolute atomic E-state index is 0.130. The molecule has 0 unspecified atom stereocenters. The van der Waals surface area contributed by atoms with Crippen molar-refractivity contribution in [2.75, 3.05) is 0 Å². The molecule has 2 nitrogen and oxygen atoms in total. The molecule has 1 aromatic carbocycles. The molecule has 0 atom stereocenters. The summed E-state index contributed by atoms with van der Waals surface area (Å²) in [5.74, 6) is -0.756. The SMILES string of the molecule is CCCCCCCCCc1cccc(CC(=O)O)c1. The molecule has 0 fully saturated rings. The minimum atomic E-state index is -0.756. The molecule has 1 rings (SSSR count). The van der Waals surface area contributed by atoms with Gasteiger partial charge in [-0.25, -0.2) is 0 Å². The Hall–Kier alpha value is -1.31. The molecule has 1 N–H and O–H groups in total. The van der Waals surface area contributed by atoms with Gasteiger partial charge in [0.1, 0.15) is 0 Å². The molecule has 0 aliphatic heterocycles. The van der Waals surface area contributed by atoms with Gasteiger partial charge in [-0.05, 0) is 24.0 Å². The van der Waals surface area contributed by atoms with E-state index in [2.05, 4.69) is 13.0 Å². The van der Waals surface area contributed by atoms with E-state index in [4.69, 9.17) is 5.11 Å². The molecule has 106 valence electrons. The summed E-state index contributed by atoms with van der Waals surface area (Å²) in [6.07, 6.45) is 10.4. The summed E-state index contributed by atoms with van der Waals surface area (Å²) in [6, 6.07) is 7.99. The van der Waals surface area contributed by atoms with Crippen molar-refractivity contribution in [1.82, 2.24) is 0 Å². The first-order valence-electron chi connectivity index (χ1n) is 7.52. The molecule has 0 bridgehead atoms. The standard InChI is InChI=1S/C17H26O2/c1-2-3-4-5-6-7-8-10-15-11-9-12-16(13-15)14-17(18)19/h9,11-13H,2-8,10,14H2,1H3,(H,18,19). The Labute approximate surface area is 116 Å². The summed E-state index contributed by atoms with van der Waals surface area (Å²) < 4.78 is 0. The lowest BCUT2D eigenvalue weighted by Gasteiger charge is -2.04. The normalized spacial score (nSPS) is 10.6. The van der Waals surface area contributed by atoms with Crippen LogP contribution in [0.3, 0.4) is 0 Å². The number of aryl methyl sites for hydroxylation is 1. The van der Waals surface area contributed by atoms with Crippen molar-refractivity contribution in [2.45, 2.75) is 64.7 Å². The molecule has 0 amide bonds. The summed E-state index contributed by atoms with van der Waals surface area (Å²) in [5, 5.41) is 8.77. The maximum absolute atomic E-state index is 10.7. The molecule has 0 saturated carbocycles. The van der Waals surface area contributed by atoms with Crippen LogP contribution < -0.4 is 0 Å². The zero-order chi connectivity index (χ0) is 13.9. The highest BCUT2D eigenvalue weighted by Crippen LogP contribution is 2.12. The van der Waals surface area contributed by atoms with Crippen LogP contribution in [0.1, 0.15) is 63.0 Å². The van der Waals surface area contributed by atoms with E-state index < -0.39 is 5.97 Å². The largest absolute Gasteiger partial charge is 0.481 e. The number of carboxylic acid groups (broad SMARTS) is 1. The number of carbonyl (C=O) groups is 1. The minimum Gasteiger partial charge on any atom is -0.481 e. The lowest BCUT2D eigenvalue weighted by Crippen LogP contribution is -2.00. The highest BCUT2D eigenvalue weighted by Gasteiger charge is 2.01. The third kappa shape index (κ3) is 7.66. The van der Waals surface area contributed by atoms with E-state index in [1.807, 2.05) is 18.2 Å². The Bertz CT molecular complexity index is 371. The number of hydrogen-bond donors (Lipinski definition) is 1. The number of hydrogen-bond acceptors (Lipinski definition) is 1. The average Bonchev–Trinajstić information content (AvgIpc) is 2.37. The summed E-state index contributed by atoms with van der Waals surface area (Å²) in [4.78, 5) is 10.7. The van der Waals surface area contributed by atoms with Crippen LogP contribution in [0, 0.1) is 0 Å². The van der Waals surface area contributed by atoms with Gasteiger partial charge in [0.2, 0.25) is 0 Å². The molecule has 0 saturated heterocycles. The third-order valence-electron chi connectivity index (χ3n) is 3.42. The smallest absolute Gasteiger partial charge is 0.307 e. The Kier molecular flexibility index (Phi) is 7.95. The van der Waals surface area contributed by atoms with Crippen molar-refractivity contribution < 1.29 is 9.90 Å². The van der Waals surface area contributed by atoms with E-state index in [0.717, 1.165) is 12.0 Å². The van der Waals surface area contributed by atoms with Gasteiger partial charge in [0.15, 0.2) is 0 Å². The maximum atomic E-state index is 10.7. The molecule has 0 aliphatic carbocycles. The fourth-order valence-corrected chi connectivity index (χ4v) is 2.36. The van der Waals surface area contributed by atoms with Gasteiger partial charge in [-0.1, -0.05) is 69.7 Å². The number of aliphatic carboxylic acids is 1. The van der Waals surface area contributed by atoms with E-state index in [1.165, 1.54) is 50.5 Å². The first-order chi connectivity index (χ1) is 9.22. The van der Waals surface area contributed by atoms with E-state index in [0.29, 0.717) is 0 Å². The molecule has 19 heavy (non-hydrogen) atoms. The van der Waals surface area contributed by atoms with Gasteiger partial charge >= 0.3 is 5.97 Å². The number of unbranched alkanes of at least 4 members (excludes halogenated alkanes) is 6. The van der Waals surface area contributed by atoms with Crippen molar-refractivity contribution in [3.63, 3.8) is 0 Å². The van der Waals surface area contributed by atoms with Gasteiger partial charge in [0, 0.05) is 0 Å². The predicted octanol–water partition coefficient (Wildman–Crippen LogP) is 4.61. The second-order valence-corrected chi connectivity index (χ2v) is 5.26. The van der Waals surface area contributed by atoms with Gasteiger partial charge in [0.05, 0.1) is 6.42 Å². The second kappa shape index (κ2) is 9.60. The van der Waals surface area contributed by atoms with Crippen LogP contribution in [0.4, 0.5) is 0 Å². The summed E-state index contributed by atoms with van der Waals surface area (Å²) >= 11 is 0. The molecule has 0 aromatic heterocycles. The summed E-state index contributed by atoms with van der Waals surface area (Å²) in [6.45, 7) is 2.24. The van der Waals surface area contributed by atoms with Gasteiger partial charge in [-0.3, -0.25) is 4.79 Å². The third-order valence-corrected chi connectivity index (χ3v) is 3.42. The Morgan fingerprint density at radius 1 is 1.00 bits per heavy atom. The highest BCUT2D eigenvalue weighted by atomic mass is 16.4. The lowest BCUT2D eigenvalue weighted by molar-refractivity contribution is -0.136. The highest BCUT2D eigenvalue weighted by molar-refractivity contribution is 5.70. The molecule has 0 heterocycles. The van der Waals surface area contributed by atoms with Crippen molar-refractivity contribution in [2.24, 2.45) is 0 Å². The second-order valence-electron chi connectivity index (χ2n) is 5.26. The number of rotatable bonds is 10. The molecule has 0 aliphatic rings. The molecule has 0 radical (unpaired) electrons. The fraction of sp³-hybridized carbons (Fsp3) is 0.588. The van der Waals surface area contributed by atoms with Gasteiger partial charge in [-0.2, -0.15) is 0 Å². The number of benzene rings is 1. The first kappa shape index (κ1) is 15.7. The van der Waals surface area contributed by atoms with E-state index >= 15 is 0 Å². The molecular weight excluding hydrogens is 236 g/mol. The van der Waals surface area contributed by atoms with Gasteiger partial charge in [-0.15, -0.1) is 0 Å². The maximum Gasteiger partial charge on any atom is 0.307 e. The monoisotopic (exact) mass is 262 g/mol. The van der Waals surface area contributed by atoms with E-state index in [1.54, 1.807) is 0 Å². The number of carboxylic acids is 1. The van der Waals surface area contributed by atoms with Crippen LogP contribution >= 0.6 is 0 Å². The lowest BCUT2D eigenvalue weighted by atomic mass is 10.0. The Balaban J connectivity index is 2.20. The van der Waals surface area contributed by atoms with Crippen molar-refractivity contribution >= 4 is 5.97 Å². The predicted molar refractivity (Wildman–Crippen MR) is 79.5 cm³/mol. The summed E-state index contributed by atoms with van der Waals surface area (Å²) in [5.41, 5.74) is 2.18. The summed E-state index contributed by atoms with van der Waals surface area (Å²) in [7, 11) is 0. The average molecular weight is 262 g/mol. The zero-order valence-corrected chi connectivity index (χ0v) is 12.0. The van der Waals surface area contributed by atoms with Crippen LogP contribution in [-0.4, -0.2) is 11.1 Å². The first-order valence-corrected chi connectivity index (χ1v) is 7.52. The Morgan fingerprint density at radius 2 is 1.63 bits per heavy atom. The van der Waals surface area contributed by atoms with E-state index in [9.17, 15) is 4.79 Å². The molecule has 1 aromatic rings.